The molecule has 0 saturated heterocycles. The maximum Gasteiger partial charge on any atom is 0.165 e. The van der Waals surface area contributed by atoms with E-state index in [2.05, 4.69) is 30.9 Å². The molecule has 2 rings (SSSR count). The van der Waals surface area contributed by atoms with Crippen LogP contribution in [-0.2, 0) is 46.3 Å². The Morgan fingerprint density at radius 2 is 1.89 bits per heavy atom. The Hall–Kier alpha value is -0.626. The molecule has 0 aliphatic carbocycles. The molecule has 0 spiro atoms. The first-order valence-corrected chi connectivity index (χ1v) is 5.57. The van der Waals surface area contributed by atoms with Crippen LogP contribution in [0.15, 0.2) is 6.33 Å². The first-order valence-electron chi connectivity index (χ1n) is 5.57. The van der Waals surface area contributed by atoms with Crippen LogP contribution < -0.4 is 5.32 Å². The van der Waals surface area contributed by atoms with Crippen molar-refractivity contribution in [1.82, 2.24) is 19.5 Å². The molecule has 1 N–H and O–H groups in total. The van der Waals surface area contributed by atoms with Crippen molar-refractivity contribution in [2.45, 2.75) is 6.54 Å². The van der Waals surface area contributed by atoms with Crippen molar-refractivity contribution in [2.75, 3.05) is 33.5 Å². The fourth-order valence-corrected chi connectivity index (χ4v) is 1.44. The van der Waals surface area contributed by atoms with Gasteiger partial charge in [0.1, 0.15) is 11.3 Å². The number of hydrogen-bond donors (Lipinski definition) is 1. The molecule has 1 radical (unpaired) electrons. The Morgan fingerprint density at radius 1 is 1.26 bits per heavy atom. The van der Waals surface area contributed by atoms with Crippen LogP contribution in [0.3, 0.4) is 0 Å². The summed E-state index contributed by atoms with van der Waals surface area (Å²) in [5.74, 6) is 1.46. The summed E-state index contributed by atoms with van der Waals surface area (Å²) >= 11 is 0. The number of fused-ring (bicyclic) bond motifs is 1. The zero-order valence-electron chi connectivity index (χ0n) is 12.0. The summed E-state index contributed by atoms with van der Waals surface area (Å²) in [6.07, 6.45) is 1.73. The molecule has 0 unspecified atom stereocenters. The number of anilines is 1. The Labute approximate surface area is 138 Å². The second-order valence-corrected chi connectivity index (χ2v) is 3.69. The predicted molar refractivity (Wildman–Crippen MR) is 74.0 cm³/mol. The van der Waals surface area contributed by atoms with Crippen molar-refractivity contribution in [3.63, 3.8) is 0 Å². The van der Waals surface area contributed by atoms with Crippen LogP contribution in [0.4, 0.5) is 5.82 Å². The molecule has 19 heavy (non-hydrogen) atoms. The van der Waals surface area contributed by atoms with Crippen LogP contribution in [0, 0.1) is 0 Å². The summed E-state index contributed by atoms with van der Waals surface area (Å²) < 4.78 is 1.87. The van der Waals surface area contributed by atoms with E-state index in [0.29, 0.717) is 12.4 Å². The largest absolute Gasteiger partial charge is 0.668 e. The van der Waals surface area contributed by atoms with Crippen molar-refractivity contribution < 1.29 is 32.7 Å². The first-order chi connectivity index (χ1) is 8.67. The minimum absolute atomic E-state index is 0. The number of rotatable bonds is 3. The summed E-state index contributed by atoms with van der Waals surface area (Å²) in [5, 5.41) is 10.5. The second-order valence-electron chi connectivity index (χ2n) is 3.69. The van der Waals surface area contributed by atoms with Gasteiger partial charge in [-0.25, -0.2) is 15.0 Å². The smallest absolute Gasteiger partial charge is 0.165 e. The van der Waals surface area contributed by atoms with Gasteiger partial charge < -0.3 is 20.5 Å². The summed E-state index contributed by atoms with van der Waals surface area (Å²) in [6, 6.07) is 0. The molecule has 0 bridgehead atoms. The fraction of sp³-hybridized carbons (Fsp3) is 0.545. The molecule has 0 atom stereocenters. The third-order valence-electron chi connectivity index (χ3n) is 2.14. The molecular formula is C11H19N7Y-2. The minimum Gasteiger partial charge on any atom is -0.668 e. The van der Waals surface area contributed by atoms with Gasteiger partial charge in [-0.15, -0.1) is 0 Å². The SMILES string of the molecule is C[N-]C.C[N-]Cc1nc(NC)c2ncn(C)c2n1.[Y]. The third-order valence-corrected chi connectivity index (χ3v) is 2.14. The summed E-state index contributed by atoms with van der Waals surface area (Å²) in [4.78, 5) is 13.0. The quantitative estimate of drug-likeness (QED) is 0.920. The van der Waals surface area contributed by atoms with Crippen LogP contribution in [0.5, 0.6) is 0 Å². The van der Waals surface area contributed by atoms with E-state index in [1.165, 1.54) is 0 Å². The summed E-state index contributed by atoms with van der Waals surface area (Å²) in [6.45, 7) is 0.524. The molecule has 2 aromatic rings. The van der Waals surface area contributed by atoms with Crippen LogP contribution >= 0.6 is 0 Å². The summed E-state index contributed by atoms with van der Waals surface area (Å²) in [7, 11) is 8.98. The average Bonchev–Trinajstić information content (AvgIpc) is 2.72. The first kappa shape index (κ1) is 18.4. The Kier molecular flexibility index (Phi) is 9.00. The van der Waals surface area contributed by atoms with E-state index in [9.17, 15) is 0 Å². The molecular weight excluding hydrogens is 319 g/mol. The number of aromatic nitrogens is 4. The minimum atomic E-state index is 0. The zero-order chi connectivity index (χ0) is 13.5. The van der Waals surface area contributed by atoms with Gasteiger partial charge in [-0.2, -0.15) is 21.1 Å². The van der Waals surface area contributed by atoms with Crippen molar-refractivity contribution in [1.29, 1.82) is 0 Å². The van der Waals surface area contributed by atoms with Crippen molar-refractivity contribution in [3.05, 3.63) is 22.8 Å². The van der Waals surface area contributed by atoms with Crippen LogP contribution in [0.25, 0.3) is 21.8 Å². The average molecular weight is 338 g/mol. The van der Waals surface area contributed by atoms with E-state index in [1.54, 1.807) is 27.5 Å². The number of hydrogen-bond acceptors (Lipinski definition) is 4. The van der Waals surface area contributed by atoms with E-state index in [1.807, 2.05) is 18.7 Å². The van der Waals surface area contributed by atoms with Gasteiger partial charge in [0.2, 0.25) is 0 Å². The van der Waals surface area contributed by atoms with Gasteiger partial charge in [0.05, 0.1) is 6.33 Å². The van der Waals surface area contributed by atoms with Gasteiger partial charge in [0.15, 0.2) is 11.5 Å². The van der Waals surface area contributed by atoms with Crippen LogP contribution in [0.2, 0.25) is 0 Å². The number of imidazole rings is 1. The van der Waals surface area contributed by atoms with Gasteiger partial charge >= 0.3 is 0 Å². The fourth-order valence-electron chi connectivity index (χ4n) is 1.44. The number of aryl methyl sites for hydroxylation is 1. The summed E-state index contributed by atoms with van der Waals surface area (Å²) in [5.41, 5.74) is 1.62. The van der Waals surface area contributed by atoms with Crippen molar-refractivity contribution in [3.8, 4) is 0 Å². The molecule has 0 aliphatic heterocycles. The third kappa shape index (κ3) is 4.76. The van der Waals surface area contributed by atoms with Gasteiger partial charge in [0, 0.05) is 46.8 Å². The standard InChI is InChI=1S/C9H13N6.C2H6N.Y/c1-10-4-6-13-8(11-2)7-9(14-6)15(3)5-12-7;1-3-2;/h5H,4H2,1-3H3,(H,11,13,14);1-2H3;/q2*-1;. The van der Waals surface area contributed by atoms with Crippen molar-refractivity contribution in [2.24, 2.45) is 7.05 Å². The molecule has 0 aliphatic rings. The van der Waals surface area contributed by atoms with E-state index in [-0.39, 0.29) is 32.7 Å². The Bertz CT molecular complexity index is 497. The number of nitrogens with one attached hydrogen (secondary N) is 1. The molecule has 8 heteroatoms. The number of nitrogens with zero attached hydrogens (tertiary/aromatic N) is 6. The van der Waals surface area contributed by atoms with Gasteiger partial charge in [-0.1, -0.05) is 6.54 Å². The molecule has 2 aromatic heterocycles. The molecule has 0 fully saturated rings. The van der Waals surface area contributed by atoms with Gasteiger partial charge in [-0.05, 0) is 0 Å². The zero-order valence-corrected chi connectivity index (χ0v) is 14.9. The normalized spacial score (nSPS) is 9.53. The Morgan fingerprint density at radius 3 is 2.42 bits per heavy atom. The van der Waals surface area contributed by atoms with Gasteiger partial charge in [-0.3, -0.25) is 0 Å². The van der Waals surface area contributed by atoms with E-state index in [0.717, 1.165) is 17.0 Å². The van der Waals surface area contributed by atoms with Gasteiger partial charge in [0.25, 0.3) is 0 Å². The Balaban J connectivity index is 0.000000742. The van der Waals surface area contributed by atoms with E-state index >= 15 is 0 Å². The molecule has 0 aromatic carbocycles. The molecule has 2 heterocycles. The predicted octanol–water partition coefficient (Wildman–Crippen LogP) is 1.53. The second kappa shape index (κ2) is 9.31. The van der Waals surface area contributed by atoms with Crippen molar-refractivity contribution >= 4 is 17.0 Å². The maximum absolute atomic E-state index is 4.39. The van der Waals surface area contributed by atoms with Crippen LogP contribution in [0.1, 0.15) is 5.82 Å². The molecule has 103 valence electrons. The van der Waals surface area contributed by atoms with E-state index in [4.69, 9.17) is 0 Å². The maximum atomic E-state index is 4.39. The monoisotopic (exact) mass is 338 g/mol. The molecule has 0 amide bonds. The van der Waals surface area contributed by atoms with E-state index < -0.39 is 0 Å². The molecule has 7 nitrogen and oxygen atoms in total. The topological polar surface area (TPSA) is 83.8 Å². The van der Waals surface area contributed by atoms with Crippen LogP contribution in [-0.4, -0.2) is 47.7 Å². The molecule has 0 saturated carbocycles.